The van der Waals surface area contributed by atoms with Crippen molar-refractivity contribution in [3.05, 3.63) is 57.5 Å². The third-order valence-electron chi connectivity index (χ3n) is 3.96. The Hall–Kier alpha value is -3.66. The number of nitro benzene ring substituents is 1. The van der Waals surface area contributed by atoms with Gasteiger partial charge in [0.1, 0.15) is 11.5 Å². The number of nitro groups is 1. The zero-order valence-corrected chi connectivity index (χ0v) is 16.7. The predicted molar refractivity (Wildman–Crippen MR) is 112 cm³/mol. The molecule has 3 rings (SSSR count). The third-order valence-corrected chi connectivity index (χ3v) is 4.71. The number of nitrogens with zero attached hydrogens (tertiary/aromatic N) is 3. The van der Waals surface area contributed by atoms with Crippen molar-refractivity contribution in [3.8, 4) is 28.5 Å². The van der Waals surface area contributed by atoms with E-state index in [1.165, 1.54) is 43.9 Å². The van der Waals surface area contributed by atoms with Gasteiger partial charge in [0, 0.05) is 28.6 Å². The summed E-state index contributed by atoms with van der Waals surface area (Å²) in [5.74, 6) is 1.25. The van der Waals surface area contributed by atoms with Crippen LogP contribution in [0.1, 0.15) is 5.56 Å². The lowest BCUT2D eigenvalue weighted by Crippen LogP contribution is -1.99. The number of nitrogens with one attached hydrogen (secondary N) is 1. The van der Waals surface area contributed by atoms with E-state index >= 15 is 0 Å². The molecule has 0 aliphatic carbocycles. The number of aromatic nitrogens is 1. The van der Waals surface area contributed by atoms with Gasteiger partial charge in [0.2, 0.25) is 10.9 Å². The van der Waals surface area contributed by atoms with Gasteiger partial charge in [0.15, 0.2) is 0 Å². The number of thiazole rings is 1. The van der Waals surface area contributed by atoms with Crippen LogP contribution in [0.25, 0.3) is 11.3 Å². The van der Waals surface area contributed by atoms with E-state index in [-0.39, 0.29) is 11.4 Å². The third kappa shape index (κ3) is 4.61. The number of benzene rings is 2. The fourth-order valence-corrected chi connectivity index (χ4v) is 3.22. The molecule has 0 fully saturated rings. The average molecular weight is 414 g/mol. The van der Waals surface area contributed by atoms with Crippen LogP contribution in [0, 0.1) is 10.1 Å². The molecule has 0 aliphatic heterocycles. The summed E-state index contributed by atoms with van der Waals surface area (Å²) < 4.78 is 15.5. The van der Waals surface area contributed by atoms with Crippen LogP contribution in [0.3, 0.4) is 0 Å². The van der Waals surface area contributed by atoms with E-state index < -0.39 is 4.92 Å². The molecule has 29 heavy (non-hydrogen) atoms. The smallest absolute Gasteiger partial charge is 0.311 e. The minimum absolute atomic E-state index is 0.111. The standard InChI is InChI=1S/C19H18N4O5S/c1-26-14-6-4-5-12(7-14)15-11-29-19(21-15)22-20-10-13-8-16(23(24)25)18(28-3)9-17(13)27-2/h4-11H,1-3H3,(H,21,22)/b20-10-. The van der Waals surface area contributed by atoms with Crippen LogP contribution in [-0.2, 0) is 0 Å². The molecule has 3 aromatic rings. The van der Waals surface area contributed by atoms with Crippen molar-refractivity contribution in [1.82, 2.24) is 4.98 Å². The van der Waals surface area contributed by atoms with Gasteiger partial charge in [-0.1, -0.05) is 12.1 Å². The summed E-state index contributed by atoms with van der Waals surface area (Å²) >= 11 is 1.38. The van der Waals surface area contributed by atoms with E-state index in [1.807, 2.05) is 29.6 Å². The number of ether oxygens (including phenoxy) is 3. The second-order valence-electron chi connectivity index (χ2n) is 5.66. The SMILES string of the molecule is COc1cccc(-c2csc(N/N=C\c3cc([N+](=O)[O-])c(OC)cc3OC)n2)c1. The number of anilines is 1. The molecule has 0 amide bonds. The van der Waals surface area contributed by atoms with Crippen LogP contribution in [0.15, 0.2) is 46.9 Å². The van der Waals surface area contributed by atoms with Gasteiger partial charge in [-0.3, -0.25) is 15.5 Å². The number of hydrogen-bond acceptors (Lipinski definition) is 9. The molecule has 0 saturated heterocycles. The Kier molecular flexibility index (Phi) is 6.25. The Morgan fingerprint density at radius 2 is 1.93 bits per heavy atom. The second kappa shape index (κ2) is 9.02. The fraction of sp³-hybridized carbons (Fsp3) is 0.158. The highest BCUT2D eigenvalue weighted by molar-refractivity contribution is 7.14. The lowest BCUT2D eigenvalue weighted by Gasteiger charge is -2.08. The summed E-state index contributed by atoms with van der Waals surface area (Å²) in [4.78, 5) is 15.2. The highest BCUT2D eigenvalue weighted by atomic mass is 32.1. The van der Waals surface area contributed by atoms with Crippen molar-refractivity contribution in [2.45, 2.75) is 0 Å². The molecule has 0 unspecified atom stereocenters. The molecule has 10 heteroatoms. The van der Waals surface area contributed by atoms with Gasteiger partial charge < -0.3 is 14.2 Å². The summed E-state index contributed by atoms with van der Waals surface area (Å²) in [5.41, 5.74) is 4.78. The van der Waals surface area contributed by atoms with Crippen LogP contribution in [-0.4, -0.2) is 37.5 Å². The molecule has 0 saturated carbocycles. The summed E-state index contributed by atoms with van der Waals surface area (Å²) in [7, 11) is 4.44. The molecule has 0 spiro atoms. The summed E-state index contributed by atoms with van der Waals surface area (Å²) in [6.45, 7) is 0. The Morgan fingerprint density at radius 1 is 1.14 bits per heavy atom. The van der Waals surface area contributed by atoms with Crippen LogP contribution in [0.5, 0.6) is 17.2 Å². The molecule has 0 radical (unpaired) electrons. The van der Waals surface area contributed by atoms with E-state index in [0.717, 1.165) is 17.0 Å². The van der Waals surface area contributed by atoms with E-state index in [4.69, 9.17) is 14.2 Å². The molecule has 0 bridgehead atoms. The first-order chi connectivity index (χ1) is 14.0. The topological polar surface area (TPSA) is 108 Å². The van der Waals surface area contributed by atoms with Crippen molar-refractivity contribution in [1.29, 1.82) is 0 Å². The summed E-state index contributed by atoms with van der Waals surface area (Å²) in [5, 5.41) is 17.8. The molecule has 9 nitrogen and oxygen atoms in total. The van der Waals surface area contributed by atoms with E-state index in [2.05, 4.69) is 15.5 Å². The monoisotopic (exact) mass is 414 g/mol. The Labute approximate surface area is 170 Å². The van der Waals surface area contributed by atoms with Gasteiger partial charge in [0.05, 0.1) is 38.2 Å². The van der Waals surface area contributed by atoms with Crippen molar-refractivity contribution in [3.63, 3.8) is 0 Å². The number of rotatable bonds is 8. The molecule has 1 N–H and O–H groups in total. The van der Waals surface area contributed by atoms with Crippen molar-refractivity contribution >= 4 is 28.4 Å². The first kappa shape index (κ1) is 20.1. The molecule has 150 valence electrons. The number of hydrogen-bond donors (Lipinski definition) is 1. The molecule has 0 aliphatic rings. The highest BCUT2D eigenvalue weighted by Crippen LogP contribution is 2.33. The van der Waals surface area contributed by atoms with Gasteiger partial charge in [0.25, 0.3) is 0 Å². The highest BCUT2D eigenvalue weighted by Gasteiger charge is 2.18. The molecular formula is C19H18N4O5S. The Balaban J connectivity index is 1.79. The predicted octanol–water partition coefficient (Wildman–Crippen LogP) is 4.19. The van der Waals surface area contributed by atoms with Crippen molar-refractivity contribution in [2.75, 3.05) is 26.8 Å². The van der Waals surface area contributed by atoms with E-state index in [0.29, 0.717) is 16.4 Å². The number of methoxy groups -OCH3 is 3. The summed E-state index contributed by atoms with van der Waals surface area (Å²) in [6.07, 6.45) is 1.43. The quantitative estimate of drug-likeness (QED) is 0.334. The fourth-order valence-electron chi connectivity index (χ4n) is 2.55. The minimum atomic E-state index is -0.524. The van der Waals surface area contributed by atoms with Gasteiger partial charge in [-0.2, -0.15) is 5.10 Å². The largest absolute Gasteiger partial charge is 0.497 e. The van der Waals surface area contributed by atoms with Crippen LogP contribution in [0.4, 0.5) is 10.8 Å². The van der Waals surface area contributed by atoms with Crippen LogP contribution >= 0.6 is 11.3 Å². The first-order valence-corrected chi connectivity index (χ1v) is 9.23. The molecule has 1 heterocycles. The zero-order chi connectivity index (χ0) is 20.8. The van der Waals surface area contributed by atoms with Gasteiger partial charge >= 0.3 is 5.69 Å². The van der Waals surface area contributed by atoms with Gasteiger partial charge in [-0.05, 0) is 12.1 Å². The molecule has 2 aromatic carbocycles. The zero-order valence-electron chi connectivity index (χ0n) is 15.9. The maximum Gasteiger partial charge on any atom is 0.311 e. The normalized spacial score (nSPS) is 10.7. The summed E-state index contributed by atoms with van der Waals surface area (Å²) in [6, 6.07) is 10.4. The molecule has 1 aromatic heterocycles. The van der Waals surface area contributed by atoms with Crippen molar-refractivity contribution in [2.24, 2.45) is 5.10 Å². The number of hydrazone groups is 1. The molecular weight excluding hydrogens is 396 g/mol. The van der Waals surface area contributed by atoms with Gasteiger partial charge in [-0.25, -0.2) is 4.98 Å². The Morgan fingerprint density at radius 3 is 2.62 bits per heavy atom. The van der Waals surface area contributed by atoms with Crippen molar-refractivity contribution < 1.29 is 19.1 Å². The van der Waals surface area contributed by atoms with E-state index in [9.17, 15) is 10.1 Å². The first-order valence-electron chi connectivity index (χ1n) is 8.35. The average Bonchev–Trinajstić information content (AvgIpc) is 3.22. The van der Waals surface area contributed by atoms with Gasteiger partial charge in [-0.15, -0.1) is 11.3 Å². The van der Waals surface area contributed by atoms with Crippen LogP contribution in [0.2, 0.25) is 0 Å². The molecule has 0 atom stereocenters. The maximum absolute atomic E-state index is 11.2. The minimum Gasteiger partial charge on any atom is -0.497 e. The lowest BCUT2D eigenvalue weighted by molar-refractivity contribution is -0.385. The Bertz CT molecular complexity index is 1050. The maximum atomic E-state index is 11.2. The van der Waals surface area contributed by atoms with Crippen LogP contribution < -0.4 is 19.6 Å². The second-order valence-corrected chi connectivity index (χ2v) is 6.52. The lowest BCUT2D eigenvalue weighted by atomic mass is 10.1. The van der Waals surface area contributed by atoms with E-state index in [1.54, 1.807) is 7.11 Å².